The zero-order valence-electron chi connectivity index (χ0n) is 11.4. The first kappa shape index (κ1) is 12.4. The lowest BCUT2D eigenvalue weighted by Crippen LogP contribution is -2.29. The number of carbonyl (C=O) groups excluding carboxylic acids is 1. The summed E-state index contributed by atoms with van der Waals surface area (Å²) in [6.07, 6.45) is 4.99. The molecule has 104 valence electrons. The van der Waals surface area contributed by atoms with Crippen LogP contribution in [0.5, 0.6) is 0 Å². The van der Waals surface area contributed by atoms with Crippen molar-refractivity contribution in [1.82, 2.24) is 24.5 Å². The van der Waals surface area contributed by atoms with Crippen LogP contribution in [0, 0.1) is 0 Å². The molecule has 0 radical (unpaired) electrons. The average molecular weight is 274 g/mol. The normalized spacial score (nSPS) is 17.6. The first-order valence-electron chi connectivity index (χ1n) is 6.06. The highest BCUT2D eigenvalue weighted by atomic mass is 16.5. The second kappa shape index (κ2) is 4.48. The molecular formula is C12H14N6O2. The molecule has 2 aromatic heterocycles. The van der Waals surface area contributed by atoms with Crippen LogP contribution in [0.25, 0.3) is 0 Å². The summed E-state index contributed by atoms with van der Waals surface area (Å²) >= 11 is 0. The lowest BCUT2D eigenvalue weighted by Gasteiger charge is -2.26. The number of carbonyl (C=O) groups is 1. The van der Waals surface area contributed by atoms with E-state index in [1.165, 1.54) is 13.4 Å². The van der Waals surface area contributed by atoms with Crippen LogP contribution in [0.2, 0.25) is 0 Å². The first-order valence-corrected chi connectivity index (χ1v) is 6.06. The number of anilines is 1. The topological polar surface area (TPSA) is 86.9 Å². The molecule has 2 aromatic rings. The van der Waals surface area contributed by atoms with Gasteiger partial charge in [-0.25, -0.2) is 9.48 Å². The standard InChI is InChI=1S/C12H14N6O2/c1-7-9(11(19)20-3)10(8-4-14-17(2)5-8)18-12(16-7)13-6-15-18/h4-6,10H,1-3H3,(H,13,15,16)/t10-/m0/s1. The molecule has 1 aliphatic rings. The van der Waals surface area contributed by atoms with Gasteiger partial charge in [0.2, 0.25) is 5.95 Å². The number of nitrogens with zero attached hydrogens (tertiary/aromatic N) is 5. The third kappa shape index (κ3) is 1.77. The number of rotatable bonds is 2. The number of allylic oxidation sites excluding steroid dienone is 1. The number of aryl methyl sites for hydroxylation is 1. The maximum atomic E-state index is 12.1. The number of methoxy groups -OCH3 is 1. The summed E-state index contributed by atoms with van der Waals surface area (Å²) in [5.74, 6) is 0.189. The largest absolute Gasteiger partial charge is 0.466 e. The molecule has 0 unspecified atom stereocenters. The van der Waals surface area contributed by atoms with Crippen molar-refractivity contribution in [2.75, 3.05) is 12.4 Å². The number of aromatic nitrogens is 5. The van der Waals surface area contributed by atoms with E-state index >= 15 is 0 Å². The van der Waals surface area contributed by atoms with Crippen LogP contribution in [0.3, 0.4) is 0 Å². The van der Waals surface area contributed by atoms with Crippen LogP contribution in [0.1, 0.15) is 18.5 Å². The van der Waals surface area contributed by atoms with Crippen molar-refractivity contribution in [2.45, 2.75) is 13.0 Å². The number of hydrogen-bond donors (Lipinski definition) is 1. The number of hydrogen-bond acceptors (Lipinski definition) is 6. The van der Waals surface area contributed by atoms with Crippen LogP contribution >= 0.6 is 0 Å². The van der Waals surface area contributed by atoms with Gasteiger partial charge in [-0.05, 0) is 6.92 Å². The third-order valence-corrected chi connectivity index (χ3v) is 3.24. The van der Waals surface area contributed by atoms with Crippen LogP contribution in [-0.2, 0) is 16.6 Å². The highest BCUT2D eigenvalue weighted by Crippen LogP contribution is 2.34. The number of nitrogens with one attached hydrogen (secondary N) is 1. The van der Waals surface area contributed by atoms with Gasteiger partial charge in [-0.2, -0.15) is 15.2 Å². The molecule has 0 spiro atoms. The molecule has 8 heteroatoms. The smallest absolute Gasteiger partial charge is 0.338 e. The van der Waals surface area contributed by atoms with Gasteiger partial charge in [-0.3, -0.25) is 4.68 Å². The van der Waals surface area contributed by atoms with E-state index < -0.39 is 12.0 Å². The fourth-order valence-electron chi connectivity index (χ4n) is 2.35. The molecule has 20 heavy (non-hydrogen) atoms. The molecule has 3 rings (SSSR count). The minimum Gasteiger partial charge on any atom is -0.466 e. The minimum absolute atomic E-state index is 0.394. The van der Waals surface area contributed by atoms with Crippen molar-refractivity contribution in [3.8, 4) is 0 Å². The van der Waals surface area contributed by atoms with E-state index in [2.05, 4.69) is 20.5 Å². The predicted octanol–water partition coefficient (Wildman–Crippen LogP) is 0.473. The molecule has 8 nitrogen and oxygen atoms in total. The Morgan fingerprint density at radius 1 is 1.45 bits per heavy atom. The number of fused-ring (bicyclic) bond motifs is 1. The van der Waals surface area contributed by atoms with Crippen molar-refractivity contribution >= 4 is 11.9 Å². The highest BCUT2D eigenvalue weighted by Gasteiger charge is 2.34. The lowest BCUT2D eigenvalue weighted by atomic mass is 9.98. The van der Waals surface area contributed by atoms with E-state index in [4.69, 9.17) is 4.74 Å². The number of ether oxygens (including phenoxy) is 1. The summed E-state index contributed by atoms with van der Waals surface area (Å²) in [5, 5.41) is 11.4. The van der Waals surface area contributed by atoms with Crippen molar-refractivity contribution in [1.29, 1.82) is 0 Å². The van der Waals surface area contributed by atoms with Crippen molar-refractivity contribution in [3.63, 3.8) is 0 Å². The Balaban J connectivity index is 2.18. The predicted molar refractivity (Wildman–Crippen MR) is 69.7 cm³/mol. The Labute approximate surface area is 115 Å². The molecule has 0 bridgehead atoms. The van der Waals surface area contributed by atoms with Gasteiger partial charge in [0.25, 0.3) is 0 Å². The summed E-state index contributed by atoms with van der Waals surface area (Å²) < 4.78 is 8.21. The molecule has 3 heterocycles. The quantitative estimate of drug-likeness (QED) is 0.801. The SMILES string of the molecule is COC(=O)C1=C(C)Nc2ncnn2[C@H]1c1cnn(C)c1. The molecule has 0 amide bonds. The fraction of sp³-hybridized carbons (Fsp3) is 0.333. The Morgan fingerprint density at radius 2 is 2.25 bits per heavy atom. The Bertz CT molecular complexity index is 698. The molecular weight excluding hydrogens is 260 g/mol. The van der Waals surface area contributed by atoms with Crippen LogP contribution in [0.4, 0.5) is 5.95 Å². The maximum Gasteiger partial charge on any atom is 0.338 e. The highest BCUT2D eigenvalue weighted by molar-refractivity contribution is 5.92. The zero-order valence-corrected chi connectivity index (χ0v) is 11.4. The van der Waals surface area contributed by atoms with Crippen molar-refractivity contribution < 1.29 is 9.53 Å². The second-order valence-corrected chi connectivity index (χ2v) is 4.53. The van der Waals surface area contributed by atoms with Crippen molar-refractivity contribution in [2.24, 2.45) is 7.05 Å². The van der Waals surface area contributed by atoms with Gasteiger partial charge in [-0.15, -0.1) is 0 Å². The summed E-state index contributed by atoms with van der Waals surface area (Å²) in [5.41, 5.74) is 2.05. The van der Waals surface area contributed by atoms with Crippen LogP contribution < -0.4 is 5.32 Å². The Kier molecular flexibility index (Phi) is 2.78. The molecule has 1 N–H and O–H groups in total. The van der Waals surface area contributed by atoms with Gasteiger partial charge >= 0.3 is 5.97 Å². The Morgan fingerprint density at radius 3 is 2.90 bits per heavy atom. The molecule has 1 aliphatic heterocycles. The molecule has 0 aromatic carbocycles. The van der Waals surface area contributed by atoms with Gasteiger partial charge in [-0.1, -0.05) is 0 Å². The molecule has 0 saturated carbocycles. The summed E-state index contributed by atoms with van der Waals surface area (Å²) in [7, 11) is 3.18. The number of esters is 1. The van der Waals surface area contributed by atoms with E-state index in [9.17, 15) is 4.79 Å². The average Bonchev–Trinajstić information content (AvgIpc) is 3.04. The van der Waals surface area contributed by atoms with Gasteiger partial charge in [0.05, 0.1) is 18.9 Å². The molecule has 0 aliphatic carbocycles. The van der Waals surface area contributed by atoms with E-state index in [0.29, 0.717) is 17.2 Å². The van der Waals surface area contributed by atoms with Gasteiger partial charge < -0.3 is 10.1 Å². The van der Waals surface area contributed by atoms with Crippen LogP contribution in [0.15, 0.2) is 30.0 Å². The maximum absolute atomic E-state index is 12.1. The molecule has 1 atom stereocenters. The monoisotopic (exact) mass is 274 g/mol. The van der Waals surface area contributed by atoms with E-state index in [1.807, 2.05) is 20.2 Å². The molecule has 0 saturated heterocycles. The lowest BCUT2D eigenvalue weighted by molar-refractivity contribution is -0.136. The Hall–Kier alpha value is -2.64. The fourth-order valence-corrected chi connectivity index (χ4v) is 2.35. The van der Waals surface area contributed by atoms with Gasteiger partial charge in [0, 0.05) is 24.5 Å². The first-order chi connectivity index (χ1) is 9.61. The molecule has 0 fully saturated rings. The summed E-state index contributed by atoms with van der Waals surface area (Å²) in [6, 6.07) is -0.394. The van der Waals surface area contributed by atoms with E-state index in [-0.39, 0.29) is 0 Å². The van der Waals surface area contributed by atoms with Gasteiger partial charge in [0.15, 0.2) is 0 Å². The third-order valence-electron chi connectivity index (χ3n) is 3.24. The minimum atomic E-state index is -0.398. The zero-order chi connectivity index (χ0) is 14.3. The second-order valence-electron chi connectivity index (χ2n) is 4.53. The van der Waals surface area contributed by atoms with Gasteiger partial charge in [0.1, 0.15) is 12.4 Å². The van der Waals surface area contributed by atoms with Crippen LogP contribution in [-0.4, -0.2) is 37.6 Å². The summed E-state index contributed by atoms with van der Waals surface area (Å²) in [4.78, 5) is 16.2. The van der Waals surface area contributed by atoms with E-state index in [1.54, 1.807) is 15.6 Å². The summed E-state index contributed by atoms with van der Waals surface area (Å²) in [6.45, 7) is 1.81. The van der Waals surface area contributed by atoms with E-state index in [0.717, 1.165) is 5.56 Å². The van der Waals surface area contributed by atoms with Crippen molar-refractivity contribution in [3.05, 3.63) is 35.6 Å².